The standard InChI is InChI=1S/C22H16F3N3O2S.CH4/c23-22(24,25)30-16-7-5-15(6-8-16)28-21(29)20-19(10-12-31-20)27-13-14-9-11-26-18-4-2-1-3-17(14)18;/h1-12,27H,13H2,(H,28,29);1H4. The Labute approximate surface area is 186 Å². The average molecular weight is 459 g/mol. The molecule has 0 aliphatic rings. The fraction of sp³-hybridized carbons (Fsp3) is 0.130. The third-order valence-electron chi connectivity index (χ3n) is 4.43. The molecule has 0 unspecified atom stereocenters. The first-order chi connectivity index (χ1) is 14.9. The maximum atomic E-state index is 12.7. The van der Waals surface area contributed by atoms with Crippen LogP contribution < -0.4 is 15.4 Å². The van der Waals surface area contributed by atoms with Crippen molar-refractivity contribution in [3.8, 4) is 5.75 Å². The molecule has 2 aromatic heterocycles. The molecule has 9 heteroatoms. The molecule has 0 radical (unpaired) electrons. The monoisotopic (exact) mass is 459 g/mol. The third kappa shape index (κ3) is 5.55. The molecule has 2 heterocycles. The third-order valence-corrected chi connectivity index (χ3v) is 5.34. The van der Waals surface area contributed by atoms with Gasteiger partial charge in [-0.15, -0.1) is 24.5 Å². The number of aromatic nitrogens is 1. The smallest absolute Gasteiger partial charge is 0.406 e. The predicted molar refractivity (Wildman–Crippen MR) is 121 cm³/mol. The van der Waals surface area contributed by atoms with Crippen molar-refractivity contribution >= 4 is 39.5 Å². The Hall–Kier alpha value is -3.59. The summed E-state index contributed by atoms with van der Waals surface area (Å²) in [5.74, 6) is -0.713. The van der Waals surface area contributed by atoms with Crippen molar-refractivity contribution in [2.75, 3.05) is 10.6 Å². The van der Waals surface area contributed by atoms with Crippen LogP contribution in [0, 0.1) is 0 Å². The van der Waals surface area contributed by atoms with Gasteiger partial charge in [-0.3, -0.25) is 9.78 Å². The van der Waals surface area contributed by atoms with Crippen molar-refractivity contribution in [2.45, 2.75) is 20.3 Å². The van der Waals surface area contributed by atoms with E-state index in [2.05, 4.69) is 20.4 Å². The number of fused-ring (bicyclic) bond motifs is 1. The summed E-state index contributed by atoms with van der Waals surface area (Å²) in [7, 11) is 0. The van der Waals surface area contributed by atoms with Crippen LogP contribution in [0.3, 0.4) is 0 Å². The SMILES string of the molecule is C.O=C(Nc1ccc(OC(F)(F)F)cc1)c1sccc1NCc1ccnc2ccccc12. The van der Waals surface area contributed by atoms with Gasteiger partial charge in [0.15, 0.2) is 0 Å². The maximum Gasteiger partial charge on any atom is 0.573 e. The van der Waals surface area contributed by atoms with Crippen LogP contribution in [0.2, 0.25) is 0 Å². The highest BCUT2D eigenvalue weighted by Gasteiger charge is 2.31. The number of anilines is 2. The van der Waals surface area contributed by atoms with Crippen LogP contribution in [-0.2, 0) is 6.54 Å². The predicted octanol–water partition coefficient (Wildman–Crippen LogP) is 6.70. The van der Waals surface area contributed by atoms with Gasteiger partial charge in [0, 0.05) is 23.8 Å². The van der Waals surface area contributed by atoms with E-state index in [1.165, 1.54) is 23.5 Å². The van der Waals surface area contributed by atoms with Crippen LogP contribution in [0.25, 0.3) is 10.9 Å². The summed E-state index contributed by atoms with van der Waals surface area (Å²) in [5, 5.41) is 8.79. The maximum absolute atomic E-state index is 12.7. The Bertz CT molecular complexity index is 1200. The van der Waals surface area contributed by atoms with E-state index in [0.29, 0.717) is 22.8 Å². The number of ether oxygens (including phenoxy) is 1. The molecular weight excluding hydrogens is 439 g/mol. The number of hydrogen-bond acceptors (Lipinski definition) is 5. The minimum Gasteiger partial charge on any atom is -0.406 e. The topological polar surface area (TPSA) is 63.2 Å². The number of halogens is 3. The van der Waals surface area contributed by atoms with Gasteiger partial charge < -0.3 is 15.4 Å². The summed E-state index contributed by atoms with van der Waals surface area (Å²) >= 11 is 1.27. The van der Waals surface area contributed by atoms with Crippen LogP contribution in [0.15, 0.2) is 72.2 Å². The molecule has 0 bridgehead atoms. The van der Waals surface area contributed by atoms with Gasteiger partial charge in [0.05, 0.1) is 11.2 Å². The van der Waals surface area contributed by atoms with Crippen LogP contribution in [0.5, 0.6) is 5.75 Å². The minimum atomic E-state index is -4.76. The van der Waals surface area contributed by atoms with Gasteiger partial charge in [-0.05, 0) is 53.4 Å². The second-order valence-electron chi connectivity index (χ2n) is 6.53. The highest BCUT2D eigenvalue weighted by molar-refractivity contribution is 7.12. The van der Waals surface area contributed by atoms with Crippen LogP contribution >= 0.6 is 11.3 Å². The van der Waals surface area contributed by atoms with Gasteiger partial charge in [-0.2, -0.15) is 0 Å². The van der Waals surface area contributed by atoms with Crippen molar-refractivity contribution < 1.29 is 22.7 Å². The van der Waals surface area contributed by atoms with Crippen LogP contribution in [-0.4, -0.2) is 17.3 Å². The van der Waals surface area contributed by atoms with Crippen LogP contribution in [0.4, 0.5) is 24.5 Å². The normalized spacial score (nSPS) is 11.0. The summed E-state index contributed by atoms with van der Waals surface area (Å²) in [4.78, 5) is 17.5. The van der Waals surface area contributed by atoms with Crippen molar-refractivity contribution in [3.63, 3.8) is 0 Å². The number of para-hydroxylation sites is 1. The zero-order chi connectivity index (χ0) is 21.8. The number of carbonyl (C=O) groups is 1. The summed E-state index contributed by atoms with van der Waals surface area (Å²) in [6, 6.07) is 16.5. The minimum absolute atomic E-state index is 0. The number of nitrogens with zero attached hydrogens (tertiary/aromatic N) is 1. The van der Waals surface area contributed by atoms with E-state index in [9.17, 15) is 18.0 Å². The first kappa shape index (κ1) is 23.1. The number of amides is 1. The van der Waals surface area contributed by atoms with E-state index < -0.39 is 6.36 Å². The van der Waals surface area contributed by atoms with E-state index in [4.69, 9.17) is 0 Å². The molecule has 5 nitrogen and oxygen atoms in total. The van der Waals surface area contributed by atoms with Gasteiger partial charge in [0.2, 0.25) is 0 Å². The van der Waals surface area contributed by atoms with E-state index in [1.807, 2.05) is 36.4 Å². The van der Waals surface area contributed by atoms with Crippen molar-refractivity contribution in [2.24, 2.45) is 0 Å². The molecule has 0 saturated heterocycles. The number of carbonyl (C=O) groups excluding carboxylic acids is 1. The summed E-state index contributed by atoms with van der Waals surface area (Å²) in [5.41, 5.74) is 2.96. The second kappa shape index (κ2) is 9.69. The lowest BCUT2D eigenvalue weighted by atomic mass is 10.1. The molecule has 0 aliphatic carbocycles. The number of nitrogens with one attached hydrogen (secondary N) is 2. The van der Waals surface area contributed by atoms with Gasteiger partial charge in [0.1, 0.15) is 10.6 Å². The zero-order valence-electron chi connectivity index (χ0n) is 15.9. The van der Waals surface area contributed by atoms with E-state index in [-0.39, 0.29) is 19.1 Å². The molecule has 4 aromatic rings. The molecule has 166 valence electrons. The van der Waals surface area contributed by atoms with Crippen molar-refractivity contribution in [1.29, 1.82) is 0 Å². The molecule has 1 amide bonds. The van der Waals surface area contributed by atoms with E-state index in [1.54, 1.807) is 11.6 Å². The van der Waals surface area contributed by atoms with Gasteiger partial charge >= 0.3 is 6.36 Å². The molecular formula is C23H20F3N3O2S. The molecule has 0 fully saturated rings. The lowest BCUT2D eigenvalue weighted by Crippen LogP contribution is -2.17. The van der Waals surface area contributed by atoms with Crippen LogP contribution in [0.1, 0.15) is 22.7 Å². The molecule has 32 heavy (non-hydrogen) atoms. The first-order valence-corrected chi connectivity index (χ1v) is 10.1. The molecule has 0 spiro atoms. The number of benzene rings is 2. The van der Waals surface area contributed by atoms with E-state index in [0.717, 1.165) is 28.6 Å². The Morgan fingerprint density at radius 2 is 1.78 bits per heavy atom. The lowest BCUT2D eigenvalue weighted by molar-refractivity contribution is -0.274. The number of hydrogen-bond donors (Lipinski definition) is 2. The molecule has 2 N–H and O–H groups in total. The molecule has 0 aliphatic heterocycles. The van der Waals surface area contributed by atoms with Gasteiger partial charge in [0.25, 0.3) is 5.91 Å². The Morgan fingerprint density at radius 3 is 2.53 bits per heavy atom. The summed E-state index contributed by atoms with van der Waals surface area (Å²) in [6.45, 7) is 0.503. The fourth-order valence-electron chi connectivity index (χ4n) is 3.05. The molecule has 0 atom stereocenters. The van der Waals surface area contributed by atoms with Crippen molar-refractivity contribution in [3.05, 3.63) is 82.7 Å². The first-order valence-electron chi connectivity index (χ1n) is 9.20. The molecule has 0 saturated carbocycles. The quantitative estimate of drug-likeness (QED) is 0.337. The Morgan fingerprint density at radius 1 is 1.03 bits per heavy atom. The fourth-order valence-corrected chi connectivity index (χ4v) is 3.82. The van der Waals surface area contributed by atoms with Crippen molar-refractivity contribution in [1.82, 2.24) is 4.98 Å². The number of thiophene rings is 1. The number of alkyl halides is 3. The lowest BCUT2D eigenvalue weighted by Gasteiger charge is -2.11. The second-order valence-corrected chi connectivity index (χ2v) is 7.45. The average Bonchev–Trinajstić information content (AvgIpc) is 3.21. The van der Waals surface area contributed by atoms with Gasteiger partial charge in [-0.1, -0.05) is 25.6 Å². The number of pyridine rings is 1. The zero-order valence-corrected chi connectivity index (χ0v) is 16.8. The Balaban J connectivity index is 0.00000289. The largest absolute Gasteiger partial charge is 0.573 e. The molecule has 4 rings (SSSR count). The highest BCUT2D eigenvalue weighted by Crippen LogP contribution is 2.27. The number of rotatable bonds is 6. The highest BCUT2D eigenvalue weighted by atomic mass is 32.1. The van der Waals surface area contributed by atoms with E-state index >= 15 is 0 Å². The molecule has 2 aromatic carbocycles. The Kier molecular flexibility index (Phi) is 6.99. The van der Waals surface area contributed by atoms with Gasteiger partial charge in [-0.25, -0.2) is 0 Å². The summed E-state index contributed by atoms with van der Waals surface area (Å²) < 4.78 is 40.6. The summed E-state index contributed by atoms with van der Waals surface area (Å²) in [6.07, 6.45) is -3.02.